The van der Waals surface area contributed by atoms with Crippen LogP contribution in [0, 0.1) is 0 Å². The molecule has 1 saturated carbocycles. The maximum absolute atomic E-state index is 11.7. The summed E-state index contributed by atoms with van der Waals surface area (Å²) in [5.74, 6) is 1.06. The van der Waals surface area contributed by atoms with Crippen LogP contribution in [0.1, 0.15) is 42.6 Å². The molecule has 146 valence electrons. The van der Waals surface area contributed by atoms with Gasteiger partial charge in [-0.3, -0.25) is 9.78 Å². The summed E-state index contributed by atoms with van der Waals surface area (Å²) in [6.07, 6.45) is 8.03. The highest BCUT2D eigenvalue weighted by molar-refractivity contribution is 7.22. The first-order valence-corrected chi connectivity index (χ1v) is 10.4. The summed E-state index contributed by atoms with van der Waals surface area (Å²) in [6, 6.07) is 9.87. The molecule has 3 aromatic rings. The van der Waals surface area contributed by atoms with Crippen LogP contribution in [0.15, 0.2) is 36.5 Å². The number of nitrogens with one attached hydrogen (secondary N) is 1. The number of ether oxygens (including phenoxy) is 1. The lowest BCUT2D eigenvalue weighted by atomic mass is 9.95. The van der Waals surface area contributed by atoms with Crippen molar-refractivity contribution in [1.29, 1.82) is 0 Å². The number of rotatable bonds is 5. The molecule has 1 aromatic carbocycles. The van der Waals surface area contributed by atoms with Crippen molar-refractivity contribution < 1.29 is 9.53 Å². The summed E-state index contributed by atoms with van der Waals surface area (Å²) in [6.45, 7) is 0. The van der Waals surface area contributed by atoms with E-state index in [4.69, 9.17) is 9.72 Å². The SMILES string of the molecule is CNC(=O)c1cc(Oc2ccc3nc(N(C)C4CCCCC4)sc3c2)ccn1. The number of hydrogen-bond donors (Lipinski definition) is 1. The average molecular weight is 397 g/mol. The number of thiazole rings is 1. The zero-order valence-corrected chi connectivity index (χ0v) is 17.0. The molecular formula is C21H24N4O2S. The molecule has 0 bridgehead atoms. The van der Waals surface area contributed by atoms with Gasteiger partial charge in [0, 0.05) is 38.5 Å². The van der Waals surface area contributed by atoms with E-state index in [2.05, 4.69) is 22.2 Å². The van der Waals surface area contributed by atoms with Gasteiger partial charge < -0.3 is 15.0 Å². The number of nitrogens with zero attached hydrogens (tertiary/aromatic N) is 3. The third-order valence-electron chi connectivity index (χ3n) is 5.20. The van der Waals surface area contributed by atoms with Crippen LogP contribution in [0.4, 0.5) is 5.13 Å². The standard InChI is InChI=1S/C21H24N4O2S/c1-22-20(26)18-12-16(10-11-23-18)27-15-8-9-17-19(13-15)28-21(24-17)25(2)14-6-4-3-5-7-14/h8-14H,3-7H2,1-2H3,(H,22,26). The van der Waals surface area contributed by atoms with Crippen molar-refractivity contribution in [3.05, 3.63) is 42.2 Å². The Labute approximate surface area is 168 Å². The number of fused-ring (bicyclic) bond motifs is 1. The first-order valence-electron chi connectivity index (χ1n) is 9.63. The van der Waals surface area contributed by atoms with E-state index in [0.29, 0.717) is 17.5 Å². The van der Waals surface area contributed by atoms with Gasteiger partial charge in [0.15, 0.2) is 5.13 Å². The van der Waals surface area contributed by atoms with Gasteiger partial charge in [-0.1, -0.05) is 30.6 Å². The van der Waals surface area contributed by atoms with E-state index in [9.17, 15) is 4.79 Å². The van der Waals surface area contributed by atoms with E-state index in [-0.39, 0.29) is 5.91 Å². The lowest BCUT2D eigenvalue weighted by Crippen LogP contribution is -2.33. The Morgan fingerprint density at radius 2 is 1.96 bits per heavy atom. The van der Waals surface area contributed by atoms with Gasteiger partial charge in [0.2, 0.25) is 0 Å². The minimum absolute atomic E-state index is 0.237. The number of aromatic nitrogens is 2. The zero-order valence-electron chi connectivity index (χ0n) is 16.1. The molecule has 0 atom stereocenters. The Hall–Kier alpha value is -2.67. The second-order valence-electron chi connectivity index (χ2n) is 7.09. The summed E-state index contributed by atoms with van der Waals surface area (Å²) in [5, 5.41) is 3.63. The fourth-order valence-electron chi connectivity index (χ4n) is 3.59. The van der Waals surface area contributed by atoms with Gasteiger partial charge in [0.05, 0.1) is 10.2 Å². The van der Waals surface area contributed by atoms with Crippen molar-refractivity contribution in [3.8, 4) is 11.5 Å². The maximum Gasteiger partial charge on any atom is 0.269 e. The van der Waals surface area contributed by atoms with Gasteiger partial charge in [0.25, 0.3) is 5.91 Å². The molecule has 1 amide bonds. The van der Waals surface area contributed by atoms with E-state index >= 15 is 0 Å². The van der Waals surface area contributed by atoms with Gasteiger partial charge in [-0.2, -0.15) is 0 Å². The number of benzene rings is 1. The van der Waals surface area contributed by atoms with Crippen LogP contribution in [-0.2, 0) is 0 Å². The van der Waals surface area contributed by atoms with Crippen LogP contribution in [0.25, 0.3) is 10.2 Å². The Balaban J connectivity index is 1.54. The molecule has 2 heterocycles. The summed E-state index contributed by atoms with van der Waals surface area (Å²) >= 11 is 1.69. The van der Waals surface area contributed by atoms with E-state index in [0.717, 1.165) is 21.1 Å². The summed E-state index contributed by atoms with van der Waals surface area (Å²) in [4.78, 5) is 23.0. The molecule has 6 nitrogen and oxygen atoms in total. The van der Waals surface area contributed by atoms with Gasteiger partial charge >= 0.3 is 0 Å². The largest absolute Gasteiger partial charge is 0.457 e. The van der Waals surface area contributed by atoms with Crippen molar-refractivity contribution in [3.63, 3.8) is 0 Å². The lowest BCUT2D eigenvalue weighted by Gasteiger charge is -2.30. The van der Waals surface area contributed by atoms with Crippen molar-refractivity contribution in [2.45, 2.75) is 38.1 Å². The van der Waals surface area contributed by atoms with E-state index in [1.807, 2.05) is 18.2 Å². The first-order chi connectivity index (χ1) is 13.6. The van der Waals surface area contributed by atoms with Gasteiger partial charge in [-0.05, 0) is 31.0 Å². The quantitative estimate of drug-likeness (QED) is 0.682. The molecule has 0 saturated heterocycles. The first kappa shape index (κ1) is 18.7. The molecule has 1 N–H and O–H groups in total. The van der Waals surface area contributed by atoms with E-state index < -0.39 is 0 Å². The fourth-order valence-corrected chi connectivity index (χ4v) is 4.62. The highest BCUT2D eigenvalue weighted by atomic mass is 32.1. The van der Waals surface area contributed by atoms with E-state index in [1.165, 1.54) is 32.1 Å². The average Bonchev–Trinajstić information content (AvgIpc) is 3.17. The normalized spacial score (nSPS) is 14.8. The molecular weight excluding hydrogens is 372 g/mol. The number of hydrogen-bond acceptors (Lipinski definition) is 6. The number of carbonyl (C=O) groups excluding carboxylic acids is 1. The molecule has 28 heavy (non-hydrogen) atoms. The Morgan fingerprint density at radius 3 is 2.75 bits per heavy atom. The maximum atomic E-state index is 11.7. The molecule has 2 aromatic heterocycles. The molecule has 0 unspecified atom stereocenters. The third kappa shape index (κ3) is 3.94. The Bertz CT molecular complexity index is 981. The number of pyridine rings is 1. The molecule has 1 aliphatic carbocycles. The van der Waals surface area contributed by atoms with Crippen molar-refractivity contribution >= 4 is 32.6 Å². The van der Waals surface area contributed by atoms with Crippen LogP contribution in [-0.4, -0.2) is 36.0 Å². The number of carbonyl (C=O) groups is 1. The summed E-state index contributed by atoms with van der Waals surface area (Å²) in [7, 11) is 3.74. The highest BCUT2D eigenvalue weighted by Crippen LogP contribution is 2.35. The fraction of sp³-hybridized carbons (Fsp3) is 0.381. The zero-order chi connectivity index (χ0) is 19.5. The van der Waals surface area contributed by atoms with Crippen LogP contribution in [0.2, 0.25) is 0 Å². The van der Waals surface area contributed by atoms with Gasteiger partial charge in [-0.25, -0.2) is 4.98 Å². The number of amides is 1. The van der Waals surface area contributed by atoms with Gasteiger partial charge in [0.1, 0.15) is 17.2 Å². The van der Waals surface area contributed by atoms with Crippen molar-refractivity contribution in [2.24, 2.45) is 0 Å². The lowest BCUT2D eigenvalue weighted by molar-refractivity contribution is 0.0958. The molecule has 0 radical (unpaired) electrons. The topological polar surface area (TPSA) is 67.3 Å². The van der Waals surface area contributed by atoms with Crippen LogP contribution < -0.4 is 15.0 Å². The smallest absolute Gasteiger partial charge is 0.269 e. The molecule has 4 rings (SSSR count). The van der Waals surface area contributed by atoms with Crippen LogP contribution in [0.5, 0.6) is 11.5 Å². The second-order valence-corrected chi connectivity index (χ2v) is 8.10. The highest BCUT2D eigenvalue weighted by Gasteiger charge is 2.21. The second kappa shape index (κ2) is 8.14. The predicted octanol–water partition coefficient (Wildman–Crippen LogP) is 4.61. The summed E-state index contributed by atoms with van der Waals surface area (Å²) in [5.41, 5.74) is 1.31. The van der Waals surface area contributed by atoms with Crippen LogP contribution in [0.3, 0.4) is 0 Å². The molecule has 1 aliphatic rings. The van der Waals surface area contributed by atoms with Crippen molar-refractivity contribution in [2.75, 3.05) is 19.0 Å². The molecule has 0 spiro atoms. The van der Waals surface area contributed by atoms with E-state index in [1.54, 1.807) is 36.7 Å². The number of anilines is 1. The minimum Gasteiger partial charge on any atom is -0.457 e. The molecule has 0 aliphatic heterocycles. The monoisotopic (exact) mass is 396 g/mol. The van der Waals surface area contributed by atoms with Crippen LogP contribution >= 0.6 is 11.3 Å². The molecule has 1 fully saturated rings. The predicted molar refractivity (Wildman–Crippen MR) is 113 cm³/mol. The Morgan fingerprint density at radius 1 is 1.18 bits per heavy atom. The van der Waals surface area contributed by atoms with Crippen molar-refractivity contribution in [1.82, 2.24) is 15.3 Å². The summed E-state index contributed by atoms with van der Waals surface area (Å²) < 4.78 is 7.05. The third-order valence-corrected chi connectivity index (χ3v) is 6.31. The Kier molecular flexibility index (Phi) is 5.43. The van der Waals surface area contributed by atoms with Gasteiger partial charge in [-0.15, -0.1) is 0 Å². The minimum atomic E-state index is -0.237. The molecule has 7 heteroatoms.